The highest BCUT2D eigenvalue weighted by Crippen LogP contribution is 2.20. The van der Waals surface area contributed by atoms with E-state index >= 15 is 0 Å². The van der Waals surface area contributed by atoms with Gasteiger partial charge in [0.25, 0.3) is 0 Å². The minimum absolute atomic E-state index is 0.0864. The summed E-state index contributed by atoms with van der Waals surface area (Å²) in [5.41, 5.74) is 10.6. The molecule has 1 aromatic carbocycles. The van der Waals surface area contributed by atoms with Crippen molar-refractivity contribution in [2.24, 2.45) is 16.5 Å². The molecule has 0 amide bonds. The molecule has 0 aliphatic carbocycles. The predicted octanol–water partition coefficient (Wildman–Crippen LogP) is 1.49. The van der Waals surface area contributed by atoms with Crippen LogP contribution in [-0.2, 0) is 0 Å². The van der Waals surface area contributed by atoms with Gasteiger partial charge < -0.3 is 11.5 Å². The fourth-order valence-electron chi connectivity index (χ4n) is 0.704. The van der Waals surface area contributed by atoms with Crippen molar-refractivity contribution in [2.45, 2.75) is 0 Å². The molecule has 64 valence electrons. The van der Waals surface area contributed by atoms with Crippen molar-refractivity contribution in [3.63, 3.8) is 0 Å². The highest BCUT2D eigenvalue weighted by Gasteiger charge is 1.98. The van der Waals surface area contributed by atoms with Crippen LogP contribution in [0.5, 0.6) is 0 Å². The lowest BCUT2D eigenvalue weighted by Crippen LogP contribution is -2.21. The first-order chi connectivity index (χ1) is 5.59. The Kier molecular flexibility index (Phi) is 2.65. The standard InChI is InChI=1S/C7H7BrFN3/c8-5-2-1-4(3-6(5)9)12-7(10)11/h1-3H,(H4,10,11,12). The van der Waals surface area contributed by atoms with Crippen molar-refractivity contribution in [1.82, 2.24) is 0 Å². The molecular formula is C7H7BrFN3. The van der Waals surface area contributed by atoms with E-state index in [-0.39, 0.29) is 5.96 Å². The zero-order valence-electron chi connectivity index (χ0n) is 6.09. The summed E-state index contributed by atoms with van der Waals surface area (Å²) in [5, 5.41) is 0. The number of nitrogens with two attached hydrogens (primary N) is 2. The maximum atomic E-state index is 12.8. The van der Waals surface area contributed by atoms with Crippen LogP contribution in [0.2, 0.25) is 0 Å². The summed E-state index contributed by atoms with van der Waals surface area (Å²) < 4.78 is 13.2. The number of benzene rings is 1. The molecule has 1 aromatic rings. The summed E-state index contributed by atoms with van der Waals surface area (Å²) >= 11 is 3.01. The van der Waals surface area contributed by atoms with Crippen LogP contribution >= 0.6 is 15.9 Å². The van der Waals surface area contributed by atoms with Gasteiger partial charge >= 0.3 is 0 Å². The molecule has 0 heterocycles. The molecule has 0 fully saturated rings. The zero-order valence-corrected chi connectivity index (χ0v) is 7.68. The van der Waals surface area contributed by atoms with E-state index in [9.17, 15) is 4.39 Å². The quantitative estimate of drug-likeness (QED) is 0.569. The van der Waals surface area contributed by atoms with Crippen molar-refractivity contribution >= 4 is 27.6 Å². The van der Waals surface area contributed by atoms with Crippen LogP contribution in [0.1, 0.15) is 0 Å². The Bertz CT molecular complexity index is 320. The number of rotatable bonds is 1. The second-order valence-corrected chi connectivity index (χ2v) is 2.99. The van der Waals surface area contributed by atoms with Gasteiger partial charge in [-0.1, -0.05) is 0 Å². The van der Waals surface area contributed by atoms with Crippen LogP contribution in [0.3, 0.4) is 0 Å². The van der Waals surface area contributed by atoms with Crippen molar-refractivity contribution in [1.29, 1.82) is 0 Å². The van der Waals surface area contributed by atoms with E-state index < -0.39 is 5.82 Å². The topological polar surface area (TPSA) is 64.4 Å². The molecule has 0 radical (unpaired) electrons. The lowest BCUT2D eigenvalue weighted by Gasteiger charge is -1.96. The second-order valence-electron chi connectivity index (χ2n) is 2.14. The van der Waals surface area contributed by atoms with E-state index in [1.54, 1.807) is 6.07 Å². The van der Waals surface area contributed by atoms with Crippen LogP contribution in [0, 0.1) is 5.82 Å². The number of guanidine groups is 1. The Morgan fingerprint density at radius 2 is 2.08 bits per heavy atom. The van der Waals surface area contributed by atoms with E-state index in [2.05, 4.69) is 20.9 Å². The molecular weight excluding hydrogens is 225 g/mol. The van der Waals surface area contributed by atoms with Crippen LogP contribution < -0.4 is 11.5 Å². The first-order valence-corrected chi connectivity index (χ1v) is 3.93. The Balaban J connectivity index is 3.05. The molecule has 0 saturated heterocycles. The normalized spacial score (nSPS) is 9.50. The fourth-order valence-corrected chi connectivity index (χ4v) is 0.950. The molecule has 0 spiro atoms. The van der Waals surface area contributed by atoms with Crippen molar-refractivity contribution in [2.75, 3.05) is 0 Å². The number of hydrogen-bond acceptors (Lipinski definition) is 1. The van der Waals surface area contributed by atoms with Gasteiger partial charge in [0.15, 0.2) is 5.96 Å². The lowest BCUT2D eigenvalue weighted by atomic mass is 10.3. The molecule has 0 unspecified atom stereocenters. The SMILES string of the molecule is NC(N)=Nc1ccc(Br)c(F)c1. The van der Waals surface area contributed by atoms with Gasteiger partial charge in [-0.3, -0.25) is 0 Å². The van der Waals surface area contributed by atoms with E-state index in [0.717, 1.165) is 0 Å². The Hall–Kier alpha value is -1.10. The van der Waals surface area contributed by atoms with Gasteiger partial charge in [-0.25, -0.2) is 9.38 Å². The van der Waals surface area contributed by atoms with Gasteiger partial charge in [-0.15, -0.1) is 0 Å². The molecule has 0 aromatic heterocycles. The molecule has 4 N–H and O–H groups in total. The predicted molar refractivity (Wildman–Crippen MR) is 49.6 cm³/mol. The third kappa shape index (κ3) is 2.20. The average molecular weight is 232 g/mol. The zero-order chi connectivity index (χ0) is 9.14. The highest BCUT2D eigenvalue weighted by atomic mass is 79.9. The monoisotopic (exact) mass is 231 g/mol. The third-order valence-corrected chi connectivity index (χ3v) is 1.80. The van der Waals surface area contributed by atoms with Gasteiger partial charge in [0.2, 0.25) is 0 Å². The summed E-state index contributed by atoms with van der Waals surface area (Å²) in [6.45, 7) is 0. The van der Waals surface area contributed by atoms with Gasteiger partial charge in [0.05, 0.1) is 10.2 Å². The van der Waals surface area contributed by atoms with Crippen molar-refractivity contribution in [3.8, 4) is 0 Å². The number of halogens is 2. The van der Waals surface area contributed by atoms with E-state index in [0.29, 0.717) is 10.2 Å². The van der Waals surface area contributed by atoms with Crippen LogP contribution in [-0.4, -0.2) is 5.96 Å². The van der Waals surface area contributed by atoms with E-state index in [4.69, 9.17) is 11.5 Å². The van der Waals surface area contributed by atoms with Crippen LogP contribution in [0.4, 0.5) is 10.1 Å². The van der Waals surface area contributed by atoms with Gasteiger partial charge in [-0.05, 0) is 28.1 Å². The summed E-state index contributed by atoms with van der Waals surface area (Å²) in [6, 6.07) is 4.38. The van der Waals surface area contributed by atoms with Crippen LogP contribution in [0.15, 0.2) is 27.7 Å². The molecule has 0 saturated carbocycles. The molecule has 0 bridgehead atoms. The molecule has 0 aliphatic rings. The van der Waals surface area contributed by atoms with Crippen molar-refractivity contribution in [3.05, 3.63) is 28.5 Å². The van der Waals surface area contributed by atoms with Gasteiger partial charge in [-0.2, -0.15) is 0 Å². The molecule has 5 heteroatoms. The third-order valence-electron chi connectivity index (χ3n) is 1.16. The fraction of sp³-hybridized carbons (Fsp3) is 0. The summed E-state index contributed by atoms with van der Waals surface area (Å²) in [6.07, 6.45) is 0. The summed E-state index contributed by atoms with van der Waals surface area (Å²) in [5.74, 6) is -0.478. The minimum Gasteiger partial charge on any atom is -0.370 e. The molecule has 1 rings (SSSR count). The van der Waals surface area contributed by atoms with E-state index in [1.165, 1.54) is 12.1 Å². The molecule has 3 nitrogen and oxygen atoms in total. The second kappa shape index (κ2) is 3.53. The summed E-state index contributed by atoms with van der Waals surface area (Å²) in [4.78, 5) is 3.67. The summed E-state index contributed by atoms with van der Waals surface area (Å²) in [7, 11) is 0. The average Bonchev–Trinajstić information content (AvgIpc) is 1.96. The minimum atomic E-state index is -0.391. The number of aliphatic imine (C=N–C) groups is 1. The number of nitrogens with zero attached hydrogens (tertiary/aromatic N) is 1. The highest BCUT2D eigenvalue weighted by molar-refractivity contribution is 9.10. The molecule has 12 heavy (non-hydrogen) atoms. The number of hydrogen-bond donors (Lipinski definition) is 2. The first kappa shape index (κ1) is 8.99. The van der Waals surface area contributed by atoms with Gasteiger partial charge in [0, 0.05) is 6.07 Å². The smallest absolute Gasteiger partial charge is 0.191 e. The maximum absolute atomic E-state index is 12.8. The van der Waals surface area contributed by atoms with E-state index in [1.807, 2.05) is 0 Å². The largest absolute Gasteiger partial charge is 0.370 e. The Labute approximate surface area is 77.4 Å². The lowest BCUT2D eigenvalue weighted by molar-refractivity contribution is 0.621. The van der Waals surface area contributed by atoms with Crippen LogP contribution in [0.25, 0.3) is 0 Å². The van der Waals surface area contributed by atoms with Crippen molar-refractivity contribution < 1.29 is 4.39 Å². The Morgan fingerprint density at radius 3 is 2.58 bits per heavy atom. The molecule has 0 aliphatic heterocycles. The molecule has 0 atom stereocenters. The first-order valence-electron chi connectivity index (χ1n) is 3.14. The maximum Gasteiger partial charge on any atom is 0.191 e. The van der Waals surface area contributed by atoms with Gasteiger partial charge in [0.1, 0.15) is 5.82 Å². The Morgan fingerprint density at radius 1 is 1.42 bits per heavy atom.